The van der Waals surface area contributed by atoms with Gasteiger partial charge >= 0.3 is 0 Å². The number of amides is 2. The van der Waals surface area contributed by atoms with E-state index in [1.165, 1.54) is 0 Å². The summed E-state index contributed by atoms with van der Waals surface area (Å²) in [7, 11) is 1.60. The van der Waals surface area contributed by atoms with Crippen molar-refractivity contribution in [1.29, 1.82) is 0 Å². The van der Waals surface area contributed by atoms with Crippen LogP contribution in [0.1, 0.15) is 43.1 Å². The Labute approximate surface area is 166 Å². The van der Waals surface area contributed by atoms with Gasteiger partial charge in [0.25, 0.3) is 11.8 Å². The standard InChI is InChI=1S/C22H28N2O4/c1-5-15(2)23-22(26)19-11-6-7-12-20(19)24-21(25)16(3)28-14-17-9-8-10-18(13-17)27-4/h6-13,15-16H,5,14H2,1-4H3,(H,23,26)(H,24,25). The molecule has 2 aromatic carbocycles. The van der Waals surface area contributed by atoms with E-state index in [1.54, 1.807) is 38.3 Å². The van der Waals surface area contributed by atoms with E-state index in [4.69, 9.17) is 9.47 Å². The molecule has 0 radical (unpaired) electrons. The van der Waals surface area contributed by atoms with Gasteiger partial charge in [-0.3, -0.25) is 9.59 Å². The molecule has 2 unspecified atom stereocenters. The van der Waals surface area contributed by atoms with Crippen LogP contribution in [0.4, 0.5) is 5.69 Å². The van der Waals surface area contributed by atoms with Gasteiger partial charge in [0.05, 0.1) is 25.0 Å². The first-order valence-corrected chi connectivity index (χ1v) is 9.39. The number of hydrogen-bond acceptors (Lipinski definition) is 4. The van der Waals surface area contributed by atoms with E-state index < -0.39 is 6.10 Å². The highest BCUT2D eigenvalue weighted by molar-refractivity contribution is 6.04. The highest BCUT2D eigenvalue weighted by Gasteiger charge is 2.18. The summed E-state index contributed by atoms with van der Waals surface area (Å²) in [6, 6.07) is 14.5. The summed E-state index contributed by atoms with van der Waals surface area (Å²) in [5, 5.41) is 5.70. The van der Waals surface area contributed by atoms with Crippen molar-refractivity contribution >= 4 is 17.5 Å². The second-order valence-corrected chi connectivity index (χ2v) is 6.62. The van der Waals surface area contributed by atoms with E-state index >= 15 is 0 Å². The number of ether oxygens (including phenoxy) is 2. The minimum Gasteiger partial charge on any atom is -0.497 e. The topological polar surface area (TPSA) is 76.7 Å². The first kappa shape index (κ1) is 21.4. The summed E-state index contributed by atoms with van der Waals surface area (Å²) < 4.78 is 10.9. The lowest BCUT2D eigenvalue weighted by atomic mass is 10.1. The van der Waals surface area contributed by atoms with Gasteiger partial charge in [0, 0.05) is 6.04 Å². The summed E-state index contributed by atoms with van der Waals surface area (Å²) in [6.07, 6.45) is 0.145. The molecular weight excluding hydrogens is 356 g/mol. The van der Waals surface area contributed by atoms with Gasteiger partial charge in [0.15, 0.2) is 0 Å². The fourth-order valence-electron chi connectivity index (χ4n) is 2.49. The minimum absolute atomic E-state index is 0.0568. The zero-order chi connectivity index (χ0) is 20.5. The fourth-order valence-corrected chi connectivity index (χ4v) is 2.49. The number of hydrogen-bond donors (Lipinski definition) is 2. The average Bonchev–Trinajstić information content (AvgIpc) is 2.72. The second-order valence-electron chi connectivity index (χ2n) is 6.62. The van der Waals surface area contributed by atoms with Crippen molar-refractivity contribution in [2.24, 2.45) is 0 Å². The van der Waals surface area contributed by atoms with Gasteiger partial charge in [-0.15, -0.1) is 0 Å². The van der Waals surface area contributed by atoms with Crippen LogP contribution in [0, 0.1) is 0 Å². The number of carbonyl (C=O) groups excluding carboxylic acids is 2. The monoisotopic (exact) mass is 384 g/mol. The van der Waals surface area contributed by atoms with Crippen LogP contribution in [0.15, 0.2) is 48.5 Å². The molecule has 150 valence electrons. The van der Waals surface area contributed by atoms with Gasteiger partial charge < -0.3 is 20.1 Å². The third kappa shape index (κ3) is 6.09. The number of methoxy groups -OCH3 is 1. The largest absolute Gasteiger partial charge is 0.497 e. The van der Waals surface area contributed by atoms with Crippen LogP contribution in [0.5, 0.6) is 5.75 Å². The fraction of sp³-hybridized carbons (Fsp3) is 0.364. The number of carbonyl (C=O) groups is 2. The maximum absolute atomic E-state index is 12.5. The average molecular weight is 384 g/mol. The van der Waals surface area contributed by atoms with E-state index in [-0.39, 0.29) is 24.5 Å². The molecule has 6 heteroatoms. The molecule has 0 aliphatic rings. The Kier molecular flexibility index (Phi) is 8.02. The Bertz CT molecular complexity index is 807. The molecule has 0 aliphatic heterocycles. The third-order valence-corrected chi connectivity index (χ3v) is 4.42. The lowest BCUT2D eigenvalue weighted by Crippen LogP contribution is -2.33. The van der Waals surface area contributed by atoms with Gasteiger partial charge in [0.2, 0.25) is 0 Å². The summed E-state index contributed by atoms with van der Waals surface area (Å²) in [5.74, 6) is 0.210. The molecule has 0 saturated heterocycles. The molecule has 2 N–H and O–H groups in total. The van der Waals surface area contributed by atoms with E-state index in [2.05, 4.69) is 10.6 Å². The summed E-state index contributed by atoms with van der Waals surface area (Å²) in [5.41, 5.74) is 1.80. The predicted molar refractivity (Wildman–Crippen MR) is 110 cm³/mol. The molecule has 2 rings (SSSR count). The molecule has 0 aliphatic carbocycles. The molecule has 0 bridgehead atoms. The normalized spacial score (nSPS) is 12.7. The van der Waals surface area contributed by atoms with Crippen LogP contribution in [-0.4, -0.2) is 31.1 Å². The van der Waals surface area contributed by atoms with E-state index in [1.807, 2.05) is 38.1 Å². The molecule has 28 heavy (non-hydrogen) atoms. The van der Waals surface area contributed by atoms with Crippen molar-refractivity contribution in [2.75, 3.05) is 12.4 Å². The van der Waals surface area contributed by atoms with Gasteiger partial charge in [-0.25, -0.2) is 0 Å². The smallest absolute Gasteiger partial charge is 0.253 e. The van der Waals surface area contributed by atoms with Gasteiger partial charge in [-0.2, -0.15) is 0 Å². The highest BCUT2D eigenvalue weighted by atomic mass is 16.5. The number of benzene rings is 2. The van der Waals surface area contributed by atoms with Crippen molar-refractivity contribution in [2.45, 2.75) is 45.9 Å². The minimum atomic E-state index is -0.683. The van der Waals surface area contributed by atoms with Crippen molar-refractivity contribution in [1.82, 2.24) is 5.32 Å². The highest BCUT2D eigenvalue weighted by Crippen LogP contribution is 2.17. The summed E-state index contributed by atoms with van der Waals surface area (Å²) in [6.45, 7) is 5.90. The first-order chi connectivity index (χ1) is 13.4. The van der Waals surface area contributed by atoms with Crippen LogP contribution in [-0.2, 0) is 16.1 Å². The van der Waals surface area contributed by atoms with E-state index in [9.17, 15) is 9.59 Å². The van der Waals surface area contributed by atoms with Crippen LogP contribution in [0.2, 0.25) is 0 Å². The second kappa shape index (κ2) is 10.5. The van der Waals surface area contributed by atoms with E-state index in [0.717, 1.165) is 17.7 Å². The molecule has 2 aromatic rings. The zero-order valence-corrected chi connectivity index (χ0v) is 16.8. The van der Waals surface area contributed by atoms with Crippen molar-refractivity contribution in [3.8, 4) is 5.75 Å². The van der Waals surface area contributed by atoms with Gasteiger partial charge in [-0.1, -0.05) is 31.2 Å². The quantitative estimate of drug-likeness (QED) is 0.690. The van der Waals surface area contributed by atoms with Crippen LogP contribution in [0.25, 0.3) is 0 Å². The Hall–Kier alpha value is -2.86. The molecule has 2 amide bonds. The molecular formula is C22H28N2O4. The Morgan fingerprint density at radius 2 is 1.82 bits per heavy atom. The maximum Gasteiger partial charge on any atom is 0.253 e. The maximum atomic E-state index is 12.5. The van der Waals surface area contributed by atoms with Crippen molar-refractivity contribution in [3.05, 3.63) is 59.7 Å². The Morgan fingerprint density at radius 1 is 1.07 bits per heavy atom. The lowest BCUT2D eigenvalue weighted by Gasteiger charge is -2.17. The number of nitrogens with one attached hydrogen (secondary N) is 2. The van der Waals surface area contributed by atoms with Crippen LogP contribution >= 0.6 is 0 Å². The van der Waals surface area contributed by atoms with Crippen molar-refractivity contribution < 1.29 is 19.1 Å². The lowest BCUT2D eigenvalue weighted by molar-refractivity contribution is -0.127. The third-order valence-electron chi connectivity index (χ3n) is 4.42. The van der Waals surface area contributed by atoms with Gasteiger partial charge in [-0.05, 0) is 50.1 Å². The first-order valence-electron chi connectivity index (χ1n) is 9.39. The molecule has 0 aromatic heterocycles. The van der Waals surface area contributed by atoms with Crippen LogP contribution in [0.3, 0.4) is 0 Å². The molecule has 0 heterocycles. The van der Waals surface area contributed by atoms with Crippen molar-refractivity contribution in [3.63, 3.8) is 0 Å². The Balaban J connectivity index is 1.99. The van der Waals surface area contributed by atoms with Gasteiger partial charge in [0.1, 0.15) is 11.9 Å². The Morgan fingerprint density at radius 3 is 2.54 bits per heavy atom. The molecule has 0 saturated carbocycles. The molecule has 6 nitrogen and oxygen atoms in total. The van der Waals surface area contributed by atoms with E-state index in [0.29, 0.717) is 11.3 Å². The zero-order valence-electron chi connectivity index (χ0n) is 16.8. The summed E-state index contributed by atoms with van der Waals surface area (Å²) >= 11 is 0. The molecule has 2 atom stereocenters. The number of para-hydroxylation sites is 1. The SMILES string of the molecule is CCC(C)NC(=O)c1ccccc1NC(=O)C(C)OCc1cccc(OC)c1. The predicted octanol–water partition coefficient (Wildman–Crippen LogP) is 3.77. The number of anilines is 1. The molecule has 0 spiro atoms. The summed E-state index contributed by atoms with van der Waals surface area (Å²) in [4.78, 5) is 25.0. The number of rotatable bonds is 9. The van der Waals surface area contributed by atoms with Crippen LogP contribution < -0.4 is 15.4 Å². The molecule has 0 fully saturated rings.